The lowest BCUT2D eigenvalue weighted by atomic mass is 10.0. The van der Waals surface area contributed by atoms with E-state index in [9.17, 15) is 0 Å². The first-order valence-corrected chi connectivity index (χ1v) is 12.5. The van der Waals surface area contributed by atoms with Crippen molar-refractivity contribution in [2.75, 3.05) is 0 Å². The highest BCUT2D eigenvalue weighted by Gasteiger charge is 2.34. The molecule has 0 amide bonds. The molecule has 0 N–H and O–H groups in total. The molecule has 2 aromatic rings. The summed E-state index contributed by atoms with van der Waals surface area (Å²) in [5.74, 6) is 0. The van der Waals surface area contributed by atoms with Crippen LogP contribution in [-0.2, 0) is 0 Å². The third-order valence-electron chi connectivity index (χ3n) is 4.55. The van der Waals surface area contributed by atoms with Gasteiger partial charge in [0, 0.05) is 10.1 Å². The second-order valence-corrected chi connectivity index (χ2v) is 12.4. The van der Waals surface area contributed by atoms with E-state index in [1.165, 1.54) is 54.6 Å². The normalized spacial score (nSPS) is 18.8. The van der Waals surface area contributed by atoms with Crippen molar-refractivity contribution in [3.8, 4) is 0 Å². The number of hydrogen-bond donors (Lipinski definition) is 0. The minimum Gasteiger partial charge on any atom is -0.0850 e. The fourth-order valence-electron chi connectivity index (χ4n) is 3.77. The van der Waals surface area contributed by atoms with Crippen LogP contribution in [0.5, 0.6) is 0 Å². The molecule has 0 atom stereocenters. The lowest BCUT2D eigenvalue weighted by molar-refractivity contribution is 1.31. The molecule has 0 spiro atoms. The maximum atomic E-state index is 6.93. The van der Waals surface area contributed by atoms with Crippen molar-refractivity contribution in [2.45, 2.75) is 41.5 Å². The fraction of sp³-hybridized carbons (Fsp3) is 0.300. The summed E-state index contributed by atoms with van der Waals surface area (Å²) in [6.07, 6.45) is 0. The van der Waals surface area contributed by atoms with Crippen LogP contribution >= 0.6 is 36.3 Å². The minimum absolute atomic E-state index is 0.818. The Morgan fingerprint density at radius 1 is 0.583 bits per heavy atom. The van der Waals surface area contributed by atoms with Gasteiger partial charge in [0.25, 0.3) is 0 Å². The Bertz CT molecular complexity index is 829. The van der Waals surface area contributed by atoms with Crippen molar-refractivity contribution in [3.63, 3.8) is 0 Å². The van der Waals surface area contributed by atoms with Gasteiger partial charge in [-0.3, -0.25) is 0 Å². The van der Waals surface area contributed by atoms with Gasteiger partial charge in [0.1, 0.15) is 0 Å². The molecule has 0 radical (unpaired) electrons. The molecule has 0 fully saturated rings. The van der Waals surface area contributed by atoms with Crippen LogP contribution in [0.15, 0.2) is 24.3 Å². The number of benzene rings is 2. The van der Waals surface area contributed by atoms with Gasteiger partial charge >= 0.3 is 0 Å². The average molecular weight is 395 g/mol. The summed E-state index contributed by atoms with van der Waals surface area (Å²) in [4.78, 5) is 0. The van der Waals surface area contributed by atoms with Crippen LogP contribution in [0.25, 0.3) is 0 Å². The zero-order chi connectivity index (χ0) is 17.8. The molecule has 0 nitrogen and oxygen atoms in total. The van der Waals surface area contributed by atoms with Gasteiger partial charge in [-0.15, -0.1) is 0 Å². The SMILES string of the molecule is Cc1cc(C)c(C2=P(Cl)=C(c3c(C)cc(C)cc3C)P2Cl)c(C)c1. The van der Waals surface area contributed by atoms with E-state index in [1.807, 2.05) is 0 Å². The minimum atomic E-state index is -0.818. The second kappa shape index (κ2) is 6.66. The van der Waals surface area contributed by atoms with Crippen LogP contribution in [-0.4, -0.2) is 10.1 Å². The predicted octanol–water partition coefficient (Wildman–Crippen LogP) is 7.48. The number of hydrogen-bond acceptors (Lipinski definition) is 0. The molecular weight excluding hydrogens is 373 g/mol. The van der Waals surface area contributed by atoms with Crippen LogP contribution in [0.4, 0.5) is 0 Å². The van der Waals surface area contributed by atoms with Gasteiger partial charge in [-0.2, -0.15) is 0 Å². The Morgan fingerprint density at radius 3 is 1.12 bits per heavy atom. The van der Waals surface area contributed by atoms with Crippen LogP contribution < -0.4 is 0 Å². The molecule has 0 aliphatic carbocycles. The molecule has 3 rings (SSSR count). The van der Waals surface area contributed by atoms with Crippen molar-refractivity contribution in [1.29, 1.82) is 0 Å². The Labute approximate surface area is 156 Å². The van der Waals surface area contributed by atoms with Crippen LogP contribution in [0.1, 0.15) is 44.5 Å². The van der Waals surface area contributed by atoms with Crippen molar-refractivity contribution in [1.82, 2.24) is 0 Å². The van der Waals surface area contributed by atoms with Crippen LogP contribution in [0.3, 0.4) is 0 Å². The molecule has 24 heavy (non-hydrogen) atoms. The molecule has 0 unspecified atom stereocenters. The first-order valence-electron chi connectivity index (χ1n) is 8.04. The Balaban J connectivity index is 2.27. The van der Waals surface area contributed by atoms with Gasteiger partial charge in [0.2, 0.25) is 0 Å². The maximum absolute atomic E-state index is 6.93. The molecule has 0 saturated carbocycles. The van der Waals surface area contributed by atoms with Crippen LogP contribution in [0.2, 0.25) is 0 Å². The highest BCUT2D eigenvalue weighted by atomic mass is 35.7. The smallest absolute Gasteiger partial charge is 0.0641 e. The quantitative estimate of drug-likeness (QED) is 0.463. The van der Waals surface area contributed by atoms with E-state index in [0.29, 0.717) is 0 Å². The van der Waals surface area contributed by atoms with E-state index in [1.54, 1.807) is 0 Å². The summed E-state index contributed by atoms with van der Waals surface area (Å²) < 4.78 is 0. The Morgan fingerprint density at radius 2 is 0.875 bits per heavy atom. The highest BCUT2D eigenvalue weighted by Crippen LogP contribution is 2.65. The first kappa shape index (κ1) is 18.3. The molecule has 126 valence electrons. The fourth-order valence-corrected chi connectivity index (χ4v) is 12.5. The van der Waals surface area contributed by atoms with Crippen molar-refractivity contribution in [2.24, 2.45) is 0 Å². The molecule has 1 heterocycles. The Kier molecular flexibility index (Phi) is 5.07. The molecule has 0 aromatic heterocycles. The molecule has 0 bridgehead atoms. The largest absolute Gasteiger partial charge is 0.0850 e. The number of halogens is 2. The van der Waals surface area contributed by atoms with Crippen molar-refractivity contribution in [3.05, 3.63) is 68.8 Å². The lowest BCUT2D eigenvalue weighted by Crippen LogP contribution is -2.15. The third kappa shape index (κ3) is 2.93. The van der Waals surface area contributed by atoms with E-state index in [2.05, 4.69) is 65.8 Å². The number of aryl methyl sites for hydroxylation is 6. The topological polar surface area (TPSA) is 0 Å². The van der Waals surface area contributed by atoms with E-state index >= 15 is 0 Å². The lowest BCUT2D eigenvalue weighted by Gasteiger charge is -2.30. The van der Waals surface area contributed by atoms with Crippen molar-refractivity contribution < 1.29 is 0 Å². The van der Waals surface area contributed by atoms with Gasteiger partial charge in [-0.1, -0.05) is 57.9 Å². The summed E-state index contributed by atoms with van der Waals surface area (Å²) in [7, 11) is -0.818. The van der Waals surface area contributed by atoms with Gasteiger partial charge in [0.15, 0.2) is 0 Å². The average Bonchev–Trinajstić information content (AvgIpc) is 2.46. The molecular formula is C20H22Cl2P2. The summed E-state index contributed by atoms with van der Waals surface area (Å²) in [6, 6.07) is 8.93. The molecule has 1 aliphatic rings. The summed E-state index contributed by atoms with van der Waals surface area (Å²) in [5.41, 5.74) is 10.4. The number of rotatable bonds is 2. The first-order chi connectivity index (χ1) is 11.2. The zero-order valence-electron chi connectivity index (χ0n) is 15.0. The van der Waals surface area contributed by atoms with Gasteiger partial charge in [-0.05, 0) is 81.4 Å². The summed E-state index contributed by atoms with van der Waals surface area (Å²) >= 11 is 13.9. The highest BCUT2D eigenvalue weighted by molar-refractivity contribution is 8.31. The predicted molar refractivity (Wildman–Crippen MR) is 115 cm³/mol. The van der Waals surface area contributed by atoms with Gasteiger partial charge in [0.05, 0.1) is 7.27 Å². The van der Waals surface area contributed by atoms with E-state index in [4.69, 9.17) is 22.5 Å². The molecule has 1 aliphatic heterocycles. The van der Waals surface area contributed by atoms with Crippen molar-refractivity contribution >= 4 is 46.3 Å². The van der Waals surface area contributed by atoms with Crippen LogP contribution in [0, 0.1) is 41.5 Å². The van der Waals surface area contributed by atoms with Gasteiger partial charge in [-0.25, -0.2) is 0 Å². The summed E-state index contributed by atoms with van der Waals surface area (Å²) in [6.45, 7) is 12.1. The monoisotopic (exact) mass is 394 g/mol. The zero-order valence-corrected chi connectivity index (χ0v) is 18.3. The second-order valence-electron chi connectivity index (χ2n) is 6.76. The Hall–Kier alpha value is -0.510. The third-order valence-corrected chi connectivity index (χ3v) is 12.8. The summed E-state index contributed by atoms with van der Waals surface area (Å²) in [5, 5.41) is 2.57. The molecule has 0 saturated heterocycles. The maximum Gasteiger partial charge on any atom is 0.0641 e. The van der Waals surface area contributed by atoms with E-state index in [-0.39, 0.29) is 0 Å². The van der Waals surface area contributed by atoms with Gasteiger partial charge < -0.3 is 0 Å². The van der Waals surface area contributed by atoms with E-state index < -0.39 is 13.8 Å². The van der Waals surface area contributed by atoms with E-state index in [0.717, 1.165) is 0 Å². The standard InChI is InChI=1S/C20H22Cl2P2/c1-11-7-13(3)17(14(4)8-11)19-23(21)20(24(19)22)18-15(5)9-12(2)10-16(18)6/h7-10H,1-6H3. The molecule has 2 aromatic carbocycles. The molecule has 4 heteroatoms.